The monoisotopic (exact) mass is 952 g/mol. The van der Waals surface area contributed by atoms with Gasteiger partial charge in [-0.05, 0) is 48.6 Å². The number of ether oxygens (including phenoxy) is 12. The van der Waals surface area contributed by atoms with Crippen molar-refractivity contribution < 1.29 is 139 Å². The van der Waals surface area contributed by atoms with Gasteiger partial charge < -0.3 is 97.7 Å². The van der Waals surface area contributed by atoms with Crippen LogP contribution in [0.4, 0.5) is 0 Å². The molecule has 8 fully saturated rings. The van der Waals surface area contributed by atoms with Gasteiger partial charge in [-0.1, -0.05) is 0 Å². The minimum absolute atomic E-state index is 0. The average Bonchev–Trinajstić information content (AvgIpc) is 4.03. The van der Waals surface area contributed by atoms with Gasteiger partial charge in [-0.15, -0.1) is 0 Å². The molecule has 12 aliphatic rings. The van der Waals surface area contributed by atoms with E-state index in [-0.39, 0.29) is 44.8 Å². The molecule has 8 N–H and O–H groups in total. The van der Waals surface area contributed by atoms with Gasteiger partial charge in [0.25, 0.3) is 0 Å². The van der Waals surface area contributed by atoms with Crippen LogP contribution in [0.3, 0.4) is 0 Å². The number of fused-ring (bicyclic) bond motifs is 4. The van der Waals surface area contributed by atoms with E-state index in [1.165, 1.54) is 52.7 Å². The molecule has 8 heterocycles. The number of aliphatic hydroxyl groups excluding tert-OH is 4. The SMILES string of the molecule is COC1=C(O)C=CC2(C3OC3C(=O)O)OC12.COC1=C(O)C=CC2(C3OC3C(=O)O)OC12.COC1=C(O)C=CC2(C3OC3C(=O)O)OC12.COC1=C(O)C=CC2(C3OC3C(=O)O)OC12.[Ti]. The molecule has 16 atom stereocenters. The summed E-state index contributed by atoms with van der Waals surface area (Å²) in [4.78, 5) is 42.8. The van der Waals surface area contributed by atoms with E-state index in [0.717, 1.165) is 0 Å². The van der Waals surface area contributed by atoms with E-state index in [9.17, 15) is 39.6 Å². The number of carbonyl (C=O) groups is 4. The molecule has 65 heavy (non-hydrogen) atoms. The molecule has 16 unspecified atom stereocenters. The molecule has 0 amide bonds. The van der Waals surface area contributed by atoms with Crippen molar-refractivity contribution in [3.8, 4) is 0 Å². The molecule has 0 bridgehead atoms. The predicted molar refractivity (Wildman–Crippen MR) is 199 cm³/mol. The van der Waals surface area contributed by atoms with Crippen molar-refractivity contribution in [3.63, 3.8) is 0 Å². The molecule has 8 saturated heterocycles. The topological polar surface area (TPSA) is 367 Å². The molecule has 0 aromatic heterocycles. The average molecular weight is 953 g/mol. The normalized spacial score (nSPS) is 43.3. The van der Waals surface area contributed by atoms with Crippen molar-refractivity contribution >= 4 is 23.9 Å². The van der Waals surface area contributed by atoms with Crippen molar-refractivity contribution in [2.24, 2.45) is 0 Å². The second-order valence-corrected chi connectivity index (χ2v) is 15.8. The summed E-state index contributed by atoms with van der Waals surface area (Å²) < 4.78 is 61.9. The molecular formula is C40H40O24Ti. The van der Waals surface area contributed by atoms with E-state index in [2.05, 4.69) is 0 Å². The maximum Gasteiger partial charge on any atom is 0.335 e. The Kier molecular flexibility index (Phi) is 11.3. The maximum absolute atomic E-state index is 10.7. The molecule has 12 rings (SSSR count). The molecule has 8 aliphatic heterocycles. The number of epoxide rings is 8. The zero-order valence-corrected chi connectivity index (χ0v) is 35.7. The van der Waals surface area contributed by atoms with Crippen LogP contribution in [0.2, 0.25) is 0 Å². The number of carboxylic acids is 4. The predicted octanol–water partition coefficient (Wildman–Crippen LogP) is -0.155. The molecule has 4 aliphatic carbocycles. The third kappa shape index (κ3) is 7.46. The summed E-state index contributed by atoms with van der Waals surface area (Å²) in [6, 6.07) is 0. The van der Waals surface area contributed by atoms with Gasteiger partial charge >= 0.3 is 23.9 Å². The summed E-state index contributed by atoms with van der Waals surface area (Å²) in [5.74, 6) is -2.68. The van der Waals surface area contributed by atoms with Crippen LogP contribution in [-0.4, -0.2) is 189 Å². The van der Waals surface area contributed by atoms with Gasteiger partial charge in [0.2, 0.25) is 0 Å². The van der Waals surface area contributed by atoms with Crippen molar-refractivity contribution in [3.05, 3.63) is 94.7 Å². The zero-order valence-electron chi connectivity index (χ0n) is 34.2. The molecule has 0 saturated carbocycles. The molecule has 24 nitrogen and oxygen atoms in total. The minimum atomic E-state index is -1.00. The molecule has 0 spiro atoms. The Bertz CT molecular complexity index is 2030. The van der Waals surface area contributed by atoms with Crippen LogP contribution >= 0.6 is 0 Å². The first-order valence-electron chi connectivity index (χ1n) is 19.3. The van der Waals surface area contributed by atoms with Gasteiger partial charge in [-0.3, -0.25) is 0 Å². The third-order valence-corrected chi connectivity index (χ3v) is 12.3. The van der Waals surface area contributed by atoms with Crippen LogP contribution in [0.1, 0.15) is 0 Å². The Labute approximate surface area is 380 Å². The van der Waals surface area contributed by atoms with Crippen molar-refractivity contribution in [1.82, 2.24) is 0 Å². The van der Waals surface area contributed by atoms with Gasteiger partial charge in [-0.2, -0.15) is 0 Å². The molecule has 0 radical (unpaired) electrons. The number of allylic oxidation sites excluding steroid dienone is 4. The number of rotatable bonds is 12. The van der Waals surface area contributed by atoms with Gasteiger partial charge in [0, 0.05) is 21.7 Å². The number of aliphatic carboxylic acids is 4. The molecular weight excluding hydrogens is 912 g/mol. The number of carboxylic acid groups (broad SMARTS) is 4. The van der Waals surface area contributed by atoms with E-state index in [1.807, 2.05) is 0 Å². The second kappa shape index (κ2) is 15.9. The number of hydrogen-bond donors (Lipinski definition) is 8. The van der Waals surface area contributed by atoms with Gasteiger partial charge in [0.1, 0.15) is 24.4 Å². The fourth-order valence-corrected chi connectivity index (χ4v) is 8.59. The first kappa shape index (κ1) is 46.1. The second-order valence-electron chi connectivity index (χ2n) is 15.8. The summed E-state index contributed by atoms with van der Waals surface area (Å²) in [6.07, 6.45) is 5.28. The van der Waals surface area contributed by atoms with E-state index in [0.29, 0.717) is 23.0 Å². The van der Waals surface area contributed by atoms with Crippen molar-refractivity contribution in [2.45, 2.75) is 95.7 Å². The molecule has 0 aromatic rings. The first-order chi connectivity index (χ1) is 30.4. The van der Waals surface area contributed by atoms with Crippen molar-refractivity contribution in [2.75, 3.05) is 28.4 Å². The standard InChI is InChI=1S/4C10H10O6.Ti/c4*1-14-5-4(11)2-3-10(8(5)16-10)7-6(15-7)9(12)13;/h4*2-3,6-8,11H,1H3,(H,12,13);. The fraction of sp³-hybridized carbons (Fsp3) is 0.500. The zero-order chi connectivity index (χ0) is 46.0. The van der Waals surface area contributed by atoms with Gasteiger partial charge in [0.15, 0.2) is 117 Å². The fourth-order valence-electron chi connectivity index (χ4n) is 8.59. The van der Waals surface area contributed by atoms with Crippen LogP contribution in [0.15, 0.2) is 94.7 Å². The Morgan fingerprint density at radius 1 is 0.415 bits per heavy atom. The quantitative estimate of drug-likeness (QED) is 0.0931. The number of methoxy groups -OCH3 is 4. The Morgan fingerprint density at radius 3 is 0.738 bits per heavy atom. The Balaban J connectivity index is 0.000000118. The van der Waals surface area contributed by atoms with Crippen LogP contribution in [-0.2, 0) is 97.7 Å². The van der Waals surface area contributed by atoms with E-state index >= 15 is 0 Å². The van der Waals surface area contributed by atoms with Crippen LogP contribution in [0.5, 0.6) is 0 Å². The molecule has 0 aromatic carbocycles. The minimum Gasteiger partial charge on any atom is -0.504 e. The van der Waals surface area contributed by atoms with Crippen LogP contribution < -0.4 is 0 Å². The number of aliphatic hydroxyl groups is 4. The molecule has 348 valence electrons. The van der Waals surface area contributed by atoms with E-state index in [4.69, 9.17) is 77.3 Å². The summed E-state index contributed by atoms with van der Waals surface area (Å²) >= 11 is 0. The van der Waals surface area contributed by atoms with Gasteiger partial charge in [0.05, 0.1) is 28.4 Å². The summed E-state index contributed by atoms with van der Waals surface area (Å²) in [6.45, 7) is 0. The Hall–Kier alpha value is -5.41. The third-order valence-electron chi connectivity index (χ3n) is 12.3. The van der Waals surface area contributed by atoms with E-state index < -0.39 is 120 Å². The summed E-state index contributed by atoms with van der Waals surface area (Å²) in [5.41, 5.74) is -3.05. The van der Waals surface area contributed by atoms with Crippen LogP contribution in [0.25, 0.3) is 0 Å². The van der Waals surface area contributed by atoms with Crippen molar-refractivity contribution in [1.29, 1.82) is 0 Å². The van der Waals surface area contributed by atoms with Gasteiger partial charge in [-0.25, -0.2) is 19.2 Å². The first-order valence-corrected chi connectivity index (χ1v) is 19.3. The summed E-state index contributed by atoms with van der Waals surface area (Å²) in [7, 11) is 5.72. The maximum atomic E-state index is 10.7. The Morgan fingerprint density at radius 2 is 0.600 bits per heavy atom. The van der Waals surface area contributed by atoms with Crippen LogP contribution in [0, 0.1) is 0 Å². The largest absolute Gasteiger partial charge is 0.504 e. The summed E-state index contributed by atoms with van der Waals surface area (Å²) in [5, 5.41) is 73.0. The van der Waals surface area contributed by atoms with E-state index in [1.54, 1.807) is 24.3 Å². The molecule has 25 heteroatoms. The number of hydrogen-bond acceptors (Lipinski definition) is 20. The smallest absolute Gasteiger partial charge is 0.335 e.